The Bertz CT molecular complexity index is 1090. The van der Waals surface area contributed by atoms with Crippen molar-refractivity contribution in [3.8, 4) is 17.2 Å². The number of aryl methyl sites for hydroxylation is 1. The molecule has 2 aromatic carbocycles. The minimum Gasteiger partial charge on any atom is -0.398 e. The van der Waals surface area contributed by atoms with E-state index in [1.165, 1.54) is 0 Å². The third-order valence-electron chi connectivity index (χ3n) is 5.87. The number of rotatable bonds is 2. The minimum atomic E-state index is 0.313. The zero-order valence-electron chi connectivity index (χ0n) is 15.7. The van der Waals surface area contributed by atoms with Gasteiger partial charge in [-0.25, -0.2) is 0 Å². The molecule has 0 radical (unpaired) electrons. The fourth-order valence-corrected chi connectivity index (χ4v) is 4.19. The van der Waals surface area contributed by atoms with E-state index in [4.69, 9.17) is 5.73 Å². The molecule has 1 aromatic heterocycles. The lowest BCUT2D eigenvalue weighted by molar-refractivity contribution is -0.120. The maximum absolute atomic E-state index is 11.7. The number of carbonyl (C=O) groups is 1. The number of carbonyl (C=O) groups excluding carboxylic acids is 1. The lowest BCUT2D eigenvalue weighted by atomic mass is 9.94. The van der Waals surface area contributed by atoms with Gasteiger partial charge in [0.1, 0.15) is 5.78 Å². The summed E-state index contributed by atoms with van der Waals surface area (Å²) in [5.74, 6) is 0.359. The monoisotopic (exact) mass is 357 g/mol. The van der Waals surface area contributed by atoms with Gasteiger partial charge >= 0.3 is 0 Å². The average molecular weight is 357 g/mol. The van der Waals surface area contributed by atoms with E-state index in [9.17, 15) is 10.1 Å². The number of hydrogen-bond donors (Lipinski definition) is 1. The molecule has 0 aliphatic heterocycles. The molecule has 1 heterocycles. The number of nitriles is 1. The average Bonchev–Trinajstić information content (AvgIpc) is 3.02. The molecule has 1 fully saturated rings. The van der Waals surface area contributed by atoms with Crippen LogP contribution in [-0.2, 0) is 4.79 Å². The number of aromatic nitrogens is 1. The van der Waals surface area contributed by atoms with E-state index in [0.717, 1.165) is 51.7 Å². The summed E-state index contributed by atoms with van der Waals surface area (Å²) in [7, 11) is 0. The highest BCUT2D eigenvalue weighted by Crippen LogP contribution is 2.39. The maximum Gasteiger partial charge on any atom is 0.133 e. The molecular weight excluding hydrogens is 334 g/mol. The third kappa shape index (κ3) is 2.90. The summed E-state index contributed by atoms with van der Waals surface area (Å²) >= 11 is 0. The number of nitrogens with two attached hydrogens (primary N) is 1. The summed E-state index contributed by atoms with van der Waals surface area (Å²) in [6.07, 6.45) is 5.22. The van der Waals surface area contributed by atoms with Gasteiger partial charge in [0.2, 0.25) is 0 Å². The van der Waals surface area contributed by atoms with Gasteiger partial charge in [-0.05, 0) is 61.6 Å². The van der Waals surface area contributed by atoms with Crippen molar-refractivity contribution in [1.29, 1.82) is 5.26 Å². The first-order valence-corrected chi connectivity index (χ1v) is 9.42. The number of fused-ring (bicyclic) bond motifs is 1. The van der Waals surface area contributed by atoms with Crippen LogP contribution < -0.4 is 5.73 Å². The second kappa shape index (κ2) is 6.59. The van der Waals surface area contributed by atoms with E-state index < -0.39 is 0 Å². The highest BCUT2D eigenvalue weighted by atomic mass is 16.1. The van der Waals surface area contributed by atoms with Crippen molar-refractivity contribution in [2.45, 2.75) is 45.6 Å². The van der Waals surface area contributed by atoms with E-state index in [1.807, 2.05) is 32.0 Å². The van der Waals surface area contributed by atoms with Crippen molar-refractivity contribution >= 4 is 22.4 Å². The predicted octanol–water partition coefficient (Wildman–Crippen LogP) is 5.06. The molecule has 0 unspecified atom stereocenters. The van der Waals surface area contributed by atoms with E-state index in [-0.39, 0.29) is 0 Å². The van der Waals surface area contributed by atoms with Gasteiger partial charge in [-0.15, -0.1) is 0 Å². The van der Waals surface area contributed by atoms with Crippen molar-refractivity contribution in [3.63, 3.8) is 0 Å². The Morgan fingerprint density at radius 2 is 1.89 bits per heavy atom. The van der Waals surface area contributed by atoms with Crippen LogP contribution in [0.5, 0.6) is 0 Å². The number of nitrogens with zero attached hydrogens (tertiary/aromatic N) is 2. The standard InChI is InChI=1S/C23H23N3O/c1-14-10-23-20(11-16(14)12-24)21(19-4-3-5-22(25)15(19)2)13-26(23)17-6-8-18(27)9-7-17/h3-5,10-11,13,17H,6-9,25H2,1-2H3. The number of anilines is 1. The van der Waals surface area contributed by atoms with Crippen LogP contribution in [0.15, 0.2) is 36.5 Å². The zero-order valence-corrected chi connectivity index (χ0v) is 15.7. The number of Topliss-reactive ketones (excluding diaryl/α,β-unsaturated/α-hetero) is 1. The van der Waals surface area contributed by atoms with Gasteiger partial charge in [0.15, 0.2) is 0 Å². The van der Waals surface area contributed by atoms with Crippen molar-refractivity contribution in [2.24, 2.45) is 0 Å². The molecule has 1 saturated carbocycles. The smallest absolute Gasteiger partial charge is 0.133 e. The van der Waals surface area contributed by atoms with Crippen LogP contribution in [0.4, 0.5) is 5.69 Å². The first kappa shape index (κ1) is 17.4. The fraction of sp³-hybridized carbons (Fsp3) is 0.304. The molecule has 1 aliphatic carbocycles. The highest BCUT2D eigenvalue weighted by molar-refractivity contribution is 5.99. The summed E-state index contributed by atoms with van der Waals surface area (Å²) in [5, 5.41) is 10.6. The largest absolute Gasteiger partial charge is 0.398 e. The van der Waals surface area contributed by atoms with Crippen LogP contribution in [-0.4, -0.2) is 10.4 Å². The first-order valence-electron chi connectivity index (χ1n) is 9.42. The molecule has 4 heteroatoms. The van der Waals surface area contributed by atoms with Crippen LogP contribution >= 0.6 is 0 Å². The molecule has 0 amide bonds. The van der Waals surface area contributed by atoms with E-state index in [0.29, 0.717) is 30.2 Å². The third-order valence-corrected chi connectivity index (χ3v) is 5.87. The summed E-state index contributed by atoms with van der Waals surface area (Å²) in [6, 6.07) is 12.7. The molecule has 2 N–H and O–H groups in total. The Hall–Kier alpha value is -3.06. The molecule has 1 aliphatic rings. The molecule has 0 atom stereocenters. The number of nitrogen functional groups attached to an aromatic ring is 1. The summed E-state index contributed by atoms with van der Waals surface area (Å²) in [6.45, 7) is 4.01. The Labute approximate surface area is 159 Å². The Kier molecular flexibility index (Phi) is 4.24. The fourth-order valence-electron chi connectivity index (χ4n) is 4.19. The number of benzene rings is 2. The van der Waals surface area contributed by atoms with Gasteiger partial charge in [-0.1, -0.05) is 12.1 Å². The van der Waals surface area contributed by atoms with Crippen molar-refractivity contribution < 1.29 is 4.79 Å². The van der Waals surface area contributed by atoms with Gasteiger partial charge < -0.3 is 10.3 Å². The van der Waals surface area contributed by atoms with Gasteiger partial charge in [0.05, 0.1) is 11.6 Å². The Morgan fingerprint density at radius 3 is 2.59 bits per heavy atom. The quantitative estimate of drug-likeness (QED) is 0.651. The van der Waals surface area contributed by atoms with E-state index in [2.05, 4.69) is 29.0 Å². The Balaban J connectivity index is 1.97. The molecule has 0 saturated heterocycles. The van der Waals surface area contributed by atoms with Crippen LogP contribution in [0.1, 0.15) is 48.4 Å². The van der Waals surface area contributed by atoms with Gasteiger partial charge in [-0.2, -0.15) is 5.26 Å². The Morgan fingerprint density at radius 1 is 1.15 bits per heavy atom. The molecule has 27 heavy (non-hydrogen) atoms. The summed E-state index contributed by atoms with van der Waals surface area (Å²) < 4.78 is 2.31. The molecular formula is C23H23N3O. The highest BCUT2D eigenvalue weighted by Gasteiger charge is 2.23. The SMILES string of the molecule is Cc1cc2c(cc1C#N)c(-c1cccc(N)c1C)cn2C1CCC(=O)CC1. The first-order chi connectivity index (χ1) is 13.0. The normalized spacial score (nSPS) is 15.2. The van der Waals surface area contributed by atoms with Crippen LogP contribution in [0.2, 0.25) is 0 Å². The van der Waals surface area contributed by atoms with Crippen molar-refractivity contribution in [1.82, 2.24) is 4.57 Å². The van der Waals surface area contributed by atoms with Gasteiger partial charge in [-0.3, -0.25) is 4.79 Å². The molecule has 0 spiro atoms. The molecule has 4 nitrogen and oxygen atoms in total. The van der Waals surface area contributed by atoms with Crippen LogP contribution in [0.25, 0.3) is 22.0 Å². The molecule has 3 aromatic rings. The van der Waals surface area contributed by atoms with Crippen LogP contribution in [0, 0.1) is 25.2 Å². The second-order valence-corrected chi connectivity index (χ2v) is 7.54. The van der Waals surface area contributed by atoms with Gasteiger partial charge in [0.25, 0.3) is 0 Å². The molecule has 136 valence electrons. The zero-order chi connectivity index (χ0) is 19.1. The summed E-state index contributed by atoms with van der Waals surface area (Å²) in [4.78, 5) is 11.7. The lowest BCUT2D eigenvalue weighted by Gasteiger charge is -2.23. The maximum atomic E-state index is 11.7. The van der Waals surface area contributed by atoms with Gasteiger partial charge in [0, 0.05) is 47.2 Å². The predicted molar refractivity (Wildman–Crippen MR) is 108 cm³/mol. The van der Waals surface area contributed by atoms with E-state index >= 15 is 0 Å². The summed E-state index contributed by atoms with van der Waals surface area (Å²) in [5.41, 5.74) is 13.0. The van der Waals surface area contributed by atoms with E-state index in [1.54, 1.807) is 0 Å². The molecule has 0 bridgehead atoms. The van der Waals surface area contributed by atoms with Crippen LogP contribution in [0.3, 0.4) is 0 Å². The van der Waals surface area contributed by atoms with Crippen molar-refractivity contribution in [3.05, 3.63) is 53.2 Å². The molecule has 4 rings (SSSR count). The number of ketones is 1. The minimum absolute atomic E-state index is 0.313. The lowest BCUT2D eigenvalue weighted by Crippen LogP contribution is -2.17. The second-order valence-electron chi connectivity index (χ2n) is 7.54. The van der Waals surface area contributed by atoms with Crippen molar-refractivity contribution in [2.75, 3.05) is 5.73 Å². The number of hydrogen-bond acceptors (Lipinski definition) is 3. The topological polar surface area (TPSA) is 71.8 Å².